The molecule has 0 radical (unpaired) electrons. The zero-order valence-corrected chi connectivity index (χ0v) is 9.78. The lowest BCUT2D eigenvalue weighted by Gasteiger charge is -2.19. The van der Waals surface area contributed by atoms with Gasteiger partial charge in [-0.05, 0) is 30.5 Å². The van der Waals surface area contributed by atoms with E-state index in [0.717, 1.165) is 18.8 Å². The van der Waals surface area contributed by atoms with Crippen LogP contribution in [0.4, 0.5) is 5.69 Å². The Morgan fingerprint density at radius 2 is 2.00 bits per heavy atom. The Labute approximate surface area is 101 Å². The van der Waals surface area contributed by atoms with Gasteiger partial charge in [0, 0.05) is 24.9 Å². The van der Waals surface area contributed by atoms with E-state index in [0.29, 0.717) is 6.42 Å². The first kappa shape index (κ1) is 10.6. The number of amides is 1. The molecule has 1 saturated heterocycles. The molecule has 1 saturated carbocycles. The highest BCUT2D eigenvalue weighted by Gasteiger charge is 2.42. The molecule has 90 valence electrons. The molecule has 1 aromatic rings. The first-order valence-corrected chi connectivity index (χ1v) is 6.11. The fourth-order valence-electron chi connectivity index (χ4n) is 2.43. The van der Waals surface area contributed by atoms with Gasteiger partial charge < -0.3 is 5.73 Å². The molecule has 0 bridgehead atoms. The van der Waals surface area contributed by atoms with Crippen LogP contribution in [0, 0.1) is 0 Å². The van der Waals surface area contributed by atoms with Crippen LogP contribution in [0.2, 0.25) is 0 Å². The molecule has 1 aromatic carbocycles. The van der Waals surface area contributed by atoms with Crippen molar-refractivity contribution in [2.75, 3.05) is 18.1 Å². The topological polar surface area (TPSA) is 58.4 Å². The molecule has 17 heavy (non-hydrogen) atoms. The summed E-state index contributed by atoms with van der Waals surface area (Å²) in [5, 5.41) is 1.90. The Morgan fingerprint density at radius 1 is 1.29 bits per heavy atom. The van der Waals surface area contributed by atoms with Crippen molar-refractivity contribution in [2.24, 2.45) is 5.73 Å². The summed E-state index contributed by atoms with van der Waals surface area (Å²) in [4.78, 5) is 11.1. The molecule has 0 spiro atoms. The summed E-state index contributed by atoms with van der Waals surface area (Å²) in [6.07, 6.45) is 2.97. The maximum absolute atomic E-state index is 11.1. The predicted octanol–water partition coefficient (Wildman–Crippen LogP) is 0.918. The predicted molar refractivity (Wildman–Crippen MR) is 66.5 cm³/mol. The number of hydrogen-bond acceptors (Lipinski definition) is 3. The highest BCUT2D eigenvalue weighted by molar-refractivity contribution is 5.81. The van der Waals surface area contributed by atoms with Gasteiger partial charge in [0.25, 0.3) is 0 Å². The normalized spacial score (nSPS) is 21.5. The van der Waals surface area contributed by atoms with Crippen LogP contribution in [0.15, 0.2) is 24.3 Å². The third-order valence-corrected chi connectivity index (χ3v) is 3.86. The summed E-state index contributed by atoms with van der Waals surface area (Å²) in [7, 11) is 0. The summed E-state index contributed by atoms with van der Waals surface area (Å²) in [6, 6.07) is 8.41. The molecule has 1 aliphatic heterocycles. The monoisotopic (exact) mass is 231 g/mol. The van der Waals surface area contributed by atoms with Gasteiger partial charge in [-0.25, -0.2) is 0 Å². The Balaban J connectivity index is 1.78. The number of carbonyl (C=O) groups is 1. The standard InChI is InChI=1S/C13H17N3O/c14-9-13(6-7-13)10-1-3-11(4-2-10)16-8-5-12(17)15-16/h1-4H,5-9,14H2,(H,15,17). The Hall–Kier alpha value is -1.55. The molecule has 2 aliphatic rings. The first-order chi connectivity index (χ1) is 8.23. The molecular formula is C13H17N3O. The number of nitrogens with zero attached hydrogens (tertiary/aromatic N) is 1. The van der Waals surface area contributed by atoms with E-state index in [9.17, 15) is 4.79 Å². The summed E-state index contributed by atoms with van der Waals surface area (Å²) < 4.78 is 0. The highest BCUT2D eigenvalue weighted by atomic mass is 16.2. The van der Waals surface area contributed by atoms with Crippen molar-refractivity contribution in [2.45, 2.75) is 24.7 Å². The molecule has 3 N–H and O–H groups in total. The largest absolute Gasteiger partial charge is 0.330 e. The fourth-order valence-corrected chi connectivity index (χ4v) is 2.43. The van der Waals surface area contributed by atoms with Crippen LogP contribution >= 0.6 is 0 Å². The second-order valence-corrected chi connectivity index (χ2v) is 4.97. The molecule has 3 rings (SSSR count). The van der Waals surface area contributed by atoms with E-state index in [1.165, 1.54) is 18.4 Å². The van der Waals surface area contributed by atoms with Crippen molar-refractivity contribution in [1.29, 1.82) is 0 Å². The summed E-state index contributed by atoms with van der Waals surface area (Å²) >= 11 is 0. The van der Waals surface area contributed by atoms with Crippen molar-refractivity contribution in [1.82, 2.24) is 5.43 Å². The number of hydrazine groups is 1. The molecule has 1 amide bonds. The van der Waals surface area contributed by atoms with Gasteiger partial charge in [0.2, 0.25) is 5.91 Å². The third-order valence-electron chi connectivity index (χ3n) is 3.86. The van der Waals surface area contributed by atoms with Crippen LogP contribution in [0.5, 0.6) is 0 Å². The molecule has 0 atom stereocenters. The van der Waals surface area contributed by atoms with Crippen molar-refractivity contribution < 1.29 is 4.79 Å². The maximum atomic E-state index is 11.1. The average molecular weight is 231 g/mol. The lowest BCUT2D eigenvalue weighted by atomic mass is 9.96. The number of rotatable bonds is 3. The number of anilines is 1. The second kappa shape index (κ2) is 3.74. The second-order valence-electron chi connectivity index (χ2n) is 4.97. The lowest BCUT2D eigenvalue weighted by molar-refractivity contribution is -0.119. The van der Waals surface area contributed by atoms with Crippen LogP contribution in [0.25, 0.3) is 0 Å². The lowest BCUT2D eigenvalue weighted by Crippen LogP contribution is -2.32. The Morgan fingerprint density at radius 3 is 2.47 bits per heavy atom. The SMILES string of the molecule is NCC1(c2ccc(N3CCC(=O)N3)cc2)CC1. The van der Waals surface area contributed by atoms with E-state index in [-0.39, 0.29) is 11.3 Å². The Kier molecular flexibility index (Phi) is 2.33. The van der Waals surface area contributed by atoms with E-state index < -0.39 is 0 Å². The molecule has 0 aromatic heterocycles. The molecule has 1 heterocycles. The molecule has 4 nitrogen and oxygen atoms in total. The van der Waals surface area contributed by atoms with E-state index in [4.69, 9.17) is 5.73 Å². The minimum Gasteiger partial charge on any atom is -0.330 e. The van der Waals surface area contributed by atoms with Gasteiger partial charge in [-0.1, -0.05) is 12.1 Å². The van der Waals surface area contributed by atoms with Gasteiger partial charge in [-0.2, -0.15) is 0 Å². The van der Waals surface area contributed by atoms with Gasteiger partial charge in [0.15, 0.2) is 0 Å². The van der Waals surface area contributed by atoms with E-state index in [2.05, 4.69) is 29.7 Å². The summed E-state index contributed by atoms with van der Waals surface area (Å²) in [5.41, 5.74) is 11.3. The zero-order valence-electron chi connectivity index (χ0n) is 9.78. The van der Waals surface area contributed by atoms with E-state index in [1.54, 1.807) is 0 Å². The molecule has 4 heteroatoms. The maximum Gasteiger partial charge on any atom is 0.240 e. The number of benzene rings is 1. The van der Waals surface area contributed by atoms with Crippen molar-refractivity contribution >= 4 is 11.6 Å². The quantitative estimate of drug-likeness (QED) is 0.813. The number of hydrogen-bond donors (Lipinski definition) is 2. The van der Waals surface area contributed by atoms with Crippen LogP contribution in [0.3, 0.4) is 0 Å². The minimum absolute atomic E-state index is 0.0923. The van der Waals surface area contributed by atoms with Gasteiger partial charge in [-0.15, -0.1) is 0 Å². The Bertz CT molecular complexity index is 436. The molecule has 1 aliphatic carbocycles. The fraction of sp³-hybridized carbons (Fsp3) is 0.462. The highest BCUT2D eigenvalue weighted by Crippen LogP contribution is 2.47. The number of nitrogens with one attached hydrogen (secondary N) is 1. The van der Waals surface area contributed by atoms with Crippen LogP contribution in [0.1, 0.15) is 24.8 Å². The third kappa shape index (κ3) is 1.78. The van der Waals surface area contributed by atoms with Gasteiger partial charge in [0.05, 0.1) is 5.69 Å². The number of carbonyl (C=O) groups excluding carboxylic acids is 1. The molecule has 0 unspecified atom stereocenters. The van der Waals surface area contributed by atoms with Gasteiger partial charge in [-0.3, -0.25) is 15.2 Å². The number of nitrogens with two attached hydrogens (primary N) is 1. The van der Waals surface area contributed by atoms with E-state index in [1.807, 2.05) is 5.01 Å². The van der Waals surface area contributed by atoms with Gasteiger partial charge in [0.1, 0.15) is 0 Å². The van der Waals surface area contributed by atoms with Gasteiger partial charge >= 0.3 is 0 Å². The van der Waals surface area contributed by atoms with Crippen LogP contribution < -0.4 is 16.2 Å². The van der Waals surface area contributed by atoms with Crippen LogP contribution in [-0.4, -0.2) is 19.0 Å². The summed E-state index contributed by atoms with van der Waals surface area (Å²) in [5.74, 6) is 0.0923. The van der Waals surface area contributed by atoms with E-state index >= 15 is 0 Å². The average Bonchev–Trinajstić information content (AvgIpc) is 3.06. The minimum atomic E-state index is 0.0923. The smallest absolute Gasteiger partial charge is 0.240 e. The molecular weight excluding hydrogens is 214 g/mol. The van der Waals surface area contributed by atoms with Crippen molar-refractivity contribution in [3.63, 3.8) is 0 Å². The first-order valence-electron chi connectivity index (χ1n) is 6.11. The zero-order chi connectivity index (χ0) is 11.9. The van der Waals surface area contributed by atoms with Crippen LogP contribution in [-0.2, 0) is 10.2 Å². The summed E-state index contributed by atoms with van der Waals surface area (Å²) in [6.45, 7) is 1.48. The van der Waals surface area contributed by atoms with Crippen molar-refractivity contribution in [3.8, 4) is 0 Å². The molecule has 2 fully saturated rings. The van der Waals surface area contributed by atoms with Crippen molar-refractivity contribution in [3.05, 3.63) is 29.8 Å².